The smallest absolute Gasteiger partial charge is 0.409 e. The van der Waals surface area contributed by atoms with E-state index in [1.807, 2.05) is 48.5 Å². The van der Waals surface area contributed by atoms with Gasteiger partial charge in [0.1, 0.15) is 5.54 Å². The molecule has 2 heterocycles. The van der Waals surface area contributed by atoms with Crippen LogP contribution in [0.3, 0.4) is 0 Å². The molecule has 2 atom stereocenters. The number of piperidine rings is 1. The van der Waals surface area contributed by atoms with Gasteiger partial charge in [0.05, 0.1) is 13.2 Å². The molecule has 45 heavy (non-hydrogen) atoms. The first-order valence-corrected chi connectivity index (χ1v) is 16.0. The van der Waals surface area contributed by atoms with Gasteiger partial charge in [-0.3, -0.25) is 14.4 Å². The summed E-state index contributed by atoms with van der Waals surface area (Å²) < 4.78 is 5.09. The summed E-state index contributed by atoms with van der Waals surface area (Å²) in [6, 6.07) is 19.3. The monoisotopic (exact) mass is 621 g/mol. The highest BCUT2D eigenvalue weighted by Crippen LogP contribution is 2.30. The van der Waals surface area contributed by atoms with Crippen molar-refractivity contribution in [3.63, 3.8) is 0 Å². The van der Waals surface area contributed by atoms with Crippen molar-refractivity contribution in [3.8, 4) is 0 Å². The lowest BCUT2D eigenvalue weighted by Gasteiger charge is -2.36. The van der Waals surface area contributed by atoms with E-state index in [9.17, 15) is 19.2 Å². The Hall–Kier alpha value is -3.96. The molecule has 2 saturated heterocycles. The van der Waals surface area contributed by atoms with E-state index in [-0.39, 0.29) is 43.4 Å². The van der Waals surface area contributed by atoms with Gasteiger partial charge < -0.3 is 15.0 Å². The molecule has 0 aromatic heterocycles. The van der Waals surface area contributed by atoms with Crippen molar-refractivity contribution >= 4 is 23.9 Å². The summed E-state index contributed by atoms with van der Waals surface area (Å²) in [6.45, 7) is 7.32. The molecule has 244 valence electrons. The maximum atomic E-state index is 13.6. The van der Waals surface area contributed by atoms with Gasteiger partial charge in [0, 0.05) is 25.6 Å². The van der Waals surface area contributed by atoms with Gasteiger partial charge in [-0.2, -0.15) is 5.01 Å². The Morgan fingerprint density at radius 1 is 0.978 bits per heavy atom. The number of nitrogens with one attached hydrogen (secondary N) is 3. The summed E-state index contributed by atoms with van der Waals surface area (Å²) in [7, 11) is 0. The van der Waals surface area contributed by atoms with Gasteiger partial charge in [0.2, 0.25) is 5.91 Å². The van der Waals surface area contributed by atoms with Crippen molar-refractivity contribution < 1.29 is 28.8 Å². The number of hydrogen-bond acceptors (Lipinski definition) is 7. The largest absolute Gasteiger partial charge is 0.450 e. The Morgan fingerprint density at radius 2 is 1.62 bits per heavy atom. The number of hydroxylamine groups is 1. The van der Waals surface area contributed by atoms with Gasteiger partial charge >= 0.3 is 12.1 Å². The highest BCUT2D eigenvalue weighted by Gasteiger charge is 2.53. The van der Waals surface area contributed by atoms with Crippen LogP contribution in [0, 0.1) is 17.8 Å². The van der Waals surface area contributed by atoms with Crippen LogP contribution < -0.4 is 16.2 Å². The van der Waals surface area contributed by atoms with Gasteiger partial charge in [-0.05, 0) is 68.4 Å². The number of aryl methyl sites for hydroxylation is 1. The normalized spacial score (nSPS) is 17.3. The van der Waals surface area contributed by atoms with Crippen LogP contribution in [0.4, 0.5) is 9.59 Å². The summed E-state index contributed by atoms with van der Waals surface area (Å²) in [5.74, 6) is -0.902. The number of rotatable bonds is 15. The van der Waals surface area contributed by atoms with Gasteiger partial charge in [-0.15, -0.1) is 0 Å². The number of ether oxygens (including phenoxy) is 1. The fourth-order valence-electron chi connectivity index (χ4n) is 6.18. The fourth-order valence-corrected chi connectivity index (χ4v) is 6.18. The summed E-state index contributed by atoms with van der Waals surface area (Å²) in [6.07, 6.45) is 3.12. The molecule has 0 aliphatic carbocycles. The molecule has 5 amide bonds. The summed E-state index contributed by atoms with van der Waals surface area (Å²) >= 11 is 0. The zero-order valence-electron chi connectivity index (χ0n) is 26.6. The summed E-state index contributed by atoms with van der Waals surface area (Å²) in [5, 5.41) is 3.92. The number of nitrogens with zero attached hydrogens (tertiary/aromatic N) is 2. The van der Waals surface area contributed by atoms with E-state index >= 15 is 0 Å². The number of imide groups is 1. The average Bonchev–Trinajstić information content (AvgIpc) is 3.26. The Balaban J connectivity index is 1.42. The lowest BCUT2D eigenvalue weighted by molar-refractivity contribution is -0.141. The molecule has 0 bridgehead atoms. The zero-order valence-corrected chi connectivity index (χ0v) is 26.6. The van der Waals surface area contributed by atoms with Crippen molar-refractivity contribution in [2.24, 2.45) is 17.8 Å². The molecule has 11 heteroatoms. The highest BCUT2D eigenvalue weighted by atomic mass is 16.6. The van der Waals surface area contributed by atoms with E-state index in [2.05, 4.69) is 42.2 Å². The Labute approximate surface area is 265 Å². The second-order valence-corrected chi connectivity index (χ2v) is 12.3. The first-order chi connectivity index (χ1) is 21.7. The first-order valence-electron chi connectivity index (χ1n) is 16.0. The lowest BCUT2D eigenvalue weighted by Crippen LogP contribution is -2.56. The molecular formula is C34H47N5O6. The van der Waals surface area contributed by atoms with Crippen LogP contribution in [0.15, 0.2) is 60.7 Å². The van der Waals surface area contributed by atoms with E-state index in [4.69, 9.17) is 9.57 Å². The van der Waals surface area contributed by atoms with Crippen molar-refractivity contribution in [2.75, 3.05) is 26.2 Å². The number of urea groups is 1. The van der Waals surface area contributed by atoms with Crippen LogP contribution >= 0.6 is 0 Å². The van der Waals surface area contributed by atoms with Crippen LogP contribution in [0.25, 0.3) is 0 Å². The number of benzene rings is 2. The molecule has 0 unspecified atom stereocenters. The SMILES string of the molecule is CCOC(=O)N1CCC2(CC1)NC(=O)N(NC[C@H](CC(C)C)[C@H](CCCc1ccccc1)C(=O)NOCc1ccccc1)C2=O. The van der Waals surface area contributed by atoms with Gasteiger partial charge in [-0.25, -0.2) is 20.5 Å². The maximum Gasteiger partial charge on any atom is 0.409 e. The summed E-state index contributed by atoms with van der Waals surface area (Å²) in [5.41, 5.74) is 6.84. The van der Waals surface area contributed by atoms with Crippen LogP contribution in [-0.2, 0) is 32.2 Å². The minimum absolute atomic E-state index is 0.177. The van der Waals surface area contributed by atoms with Gasteiger partial charge in [0.15, 0.2) is 0 Å². The third kappa shape index (κ3) is 9.27. The minimum atomic E-state index is -1.07. The van der Waals surface area contributed by atoms with Crippen molar-refractivity contribution in [1.29, 1.82) is 0 Å². The van der Waals surface area contributed by atoms with E-state index in [1.54, 1.807) is 11.8 Å². The number of likely N-dealkylation sites (tertiary alicyclic amines) is 1. The van der Waals surface area contributed by atoms with Crippen LogP contribution in [-0.4, -0.2) is 65.6 Å². The molecule has 3 N–H and O–H groups in total. The quantitative estimate of drug-likeness (QED) is 0.196. The third-order valence-corrected chi connectivity index (χ3v) is 8.57. The highest BCUT2D eigenvalue weighted by molar-refractivity contribution is 6.06. The molecule has 2 aromatic carbocycles. The molecule has 2 aromatic rings. The minimum Gasteiger partial charge on any atom is -0.450 e. The van der Waals surface area contributed by atoms with Crippen LogP contribution in [0.1, 0.15) is 64.0 Å². The lowest BCUT2D eigenvalue weighted by atomic mass is 9.81. The maximum absolute atomic E-state index is 13.6. The van der Waals surface area contributed by atoms with Gasteiger partial charge in [-0.1, -0.05) is 74.5 Å². The number of carbonyl (C=O) groups is 4. The van der Waals surface area contributed by atoms with Gasteiger partial charge in [0.25, 0.3) is 5.91 Å². The predicted octanol–water partition coefficient (Wildman–Crippen LogP) is 4.58. The van der Waals surface area contributed by atoms with E-state index in [1.165, 1.54) is 5.56 Å². The van der Waals surface area contributed by atoms with Crippen molar-refractivity contribution in [2.45, 2.75) is 71.4 Å². The molecule has 0 radical (unpaired) electrons. The number of hydrazine groups is 1. The van der Waals surface area contributed by atoms with E-state index < -0.39 is 23.6 Å². The molecule has 11 nitrogen and oxygen atoms in total. The molecule has 4 rings (SSSR count). The molecule has 0 saturated carbocycles. The second kappa shape index (κ2) is 16.4. The second-order valence-electron chi connectivity index (χ2n) is 12.3. The molecule has 2 aliphatic heterocycles. The van der Waals surface area contributed by atoms with E-state index in [0.29, 0.717) is 38.8 Å². The molecule has 2 fully saturated rings. The zero-order chi connectivity index (χ0) is 32.2. The summed E-state index contributed by atoms with van der Waals surface area (Å²) in [4.78, 5) is 59.6. The third-order valence-electron chi connectivity index (χ3n) is 8.57. The van der Waals surface area contributed by atoms with Crippen LogP contribution in [0.5, 0.6) is 0 Å². The number of amides is 5. The standard InChI is InChI=1S/C34H47N5O6/c1-4-44-33(43)38-20-18-34(19-21-38)31(41)39(32(42)36-34)35-23-28(22-25(2)3)29(17-11-16-26-12-7-5-8-13-26)30(40)37-45-24-27-14-9-6-10-15-27/h5-10,12-15,25,28-29,35H,4,11,16-24H2,1-3H3,(H,36,42)(H,37,40)/t28-,29-/m0/s1. The predicted molar refractivity (Wildman–Crippen MR) is 169 cm³/mol. The Bertz CT molecular complexity index is 1270. The molecule has 1 spiro atoms. The van der Waals surface area contributed by atoms with Crippen molar-refractivity contribution in [1.82, 2.24) is 26.1 Å². The van der Waals surface area contributed by atoms with Crippen LogP contribution in [0.2, 0.25) is 0 Å². The Kier molecular flexibility index (Phi) is 12.3. The Morgan fingerprint density at radius 3 is 2.24 bits per heavy atom. The average molecular weight is 622 g/mol. The first kappa shape index (κ1) is 33.9. The van der Waals surface area contributed by atoms with E-state index in [0.717, 1.165) is 23.4 Å². The van der Waals surface area contributed by atoms with Crippen molar-refractivity contribution in [3.05, 3.63) is 71.8 Å². The molecule has 2 aliphatic rings. The molecular weight excluding hydrogens is 574 g/mol. The number of hydrogen-bond donors (Lipinski definition) is 3. The topological polar surface area (TPSA) is 129 Å². The fraction of sp³-hybridized carbons (Fsp3) is 0.529. The number of carbonyl (C=O) groups excluding carboxylic acids is 4.